The lowest BCUT2D eigenvalue weighted by Gasteiger charge is -2.54. The lowest BCUT2D eigenvalue weighted by Crippen LogP contribution is -2.54. The average molecular weight is 479 g/mol. The first kappa shape index (κ1) is 20.7. The van der Waals surface area contributed by atoms with Gasteiger partial charge in [0.25, 0.3) is 0 Å². The number of benzene rings is 2. The van der Waals surface area contributed by atoms with Crippen LogP contribution in [0, 0.1) is 11.8 Å². The van der Waals surface area contributed by atoms with Gasteiger partial charge in [-0.25, -0.2) is 4.68 Å². The van der Waals surface area contributed by atoms with Gasteiger partial charge in [0.15, 0.2) is 0 Å². The summed E-state index contributed by atoms with van der Waals surface area (Å²) in [5.74, 6) is 1.43. The van der Waals surface area contributed by atoms with Crippen LogP contribution < -0.4 is 4.90 Å². The molecule has 0 saturated heterocycles. The number of halogens is 1. The molecule has 1 saturated carbocycles. The van der Waals surface area contributed by atoms with Crippen molar-refractivity contribution >= 4 is 21.6 Å². The predicted molar refractivity (Wildman–Crippen MR) is 129 cm³/mol. The van der Waals surface area contributed by atoms with Crippen LogP contribution in [-0.2, 0) is 18.5 Å². The highest BCUT2D eigenvalue weighted by atomic mass is 79.9. The molecule has 3 atom stereocenters. The Bertz CT molecular complexity index is 1060. The second kappa shape index (κ2) is 8.09. The van der Waals surface area contributed by atoms with Gasteiger partial charge in [0.2, 0.25) is 0 Å². The number of anilines is 1. The summed E-state index contributed by atoms with van der Waals surface area (Å²) in [6.45, 7) is 8.87. The molecule has 5 heteroatoms. The minimum Gasteiger partial charge on any atom is -0.362 e. The third-order valence-corrected chi connectivity index (χ3v) is 7.97. The number of hydrogen-bond donors (Lipinski definition) is 0. The van der Waals surface area contributed by atoms with E-state index >= 15 is 0 Å². The molecule has 5 rings (SSSR count). The highest BCUT2D eigenvalue weighted by molar-refractivity contribution is 9.10. The highest BCUT2D eigenvalue weighted by Crippen LogP contribution is 2.52. The van der Waals surface area contributed by atoms with Crippen LogP contribution in [-0.4, -0.2) is 21.0 Å². The fourth-order valence-electron chi connectivity index (χ4n) is 5.83. The molecule has 3 aromatic rings. The van der Waals surface area contributed by atoms with E-state index in [1.807, 2.05) is 10.7 Å². The van der Waals surface area contributed by atoms with Crippen molar-refractivity contribution in [3.63, 3.8) is 0 Å². The minimum absolute atomic E-state index is 0.172. The zero-order valence-electron chi connectivity index (χ0n) is 18.6. The number of hydrogen-bond acceptors (Lipinski definition) is 3. The summed E-state index contributed by atoms with van der Waals surface area (Å²) in [7, 11) is 0. The van der Waals surface area contributed by atoms with E-state index in [1.54, 1.807) is 0 Å². The van der Waals surface area contributed by atoms with Crippen molar-refractivity contribution in [2.75, 3.05) is 4.90 Å². The van der Waals surface area contributed by atoms with Crippen LogP contribution in [0.5, 0.6) is 0 Å². The van der Waals surface area contributed by atoms with Gasteiger partial charge in [-0.3, -0.25) is 0 Å². The molecule has 3 unspecified atom stereocenters. The van der Waals surface area contributed by atoms with Gasteiger partial charge >= 0.3 is 0 Å². The van der Waals surface area contributed by atoms with Crippen molar-refractivity contribution in [3.05, 3.63) is 76.0 Å². The van der Waals surface area contributed by atoms with E-state index in [-0.39, 0.29) is 5.41 Å². The van der Waals surface area contributed by atoms with Crippen LogP contribution in [0.4, 0.5) is 5.69 Å². The summed E-state index contributed by atoms with van der Waals surface area (Å²) in [4.78, 5) is 2.63. The van der Waals surface area contributed by atoms with Crippen molar-refractivity contribution < 1.29 is 0 Å². The summed E-state index contributed by atoms with van der Waals surface area (Å²) >= 11 is 3.72. The standard InChI is InChI=1S/C26H31BrN4/c1-18-9-11-22-25(13-18)31(24-12-10-20(27)14-23(24)26(22,2)3)17-21-16-30(29-28-21)15-19-7-5-4-6-8-19/h4-8,10,12,14,16,18,22,25H,9,11,13,15,17H2,1-3H3. The molecule has 0 bridgehead atoms. The Morgan fingerprint density at radius 3 is 2.68 bits per heavy atom. The normalized spacial score (nSPS) is 24.5. The summed E-state index contributed by atoms with van der Waals surface area (Å²) < 4.78 is 3.12. The van der Waals surface area contributed by atoms with Crippen molar-refractivity contribution in [1.29, 1.82) is 0 Å². The molecule has 1 aliphatic carbocycles. The van der Waals surface area contributed by atoms with Crippen molar-refractivity contribution in [2.24, 2.45) is 11.8 Å². The number of fused-ring (bicyclic) bond motifs is 2. The van der Waals surface area contributed by atoms with Crippen molar-refractivity contribution in [3.8, 4) is 0 Å². The smallest absolute Gasteiger partial charge is 0.102 e. The second-order valence-corrected chi connectivity index (χ2v) is 10.9. The third kappa shape index (κ3) is 3.93. The Morgan fingerprint density at radius 1 is 1.06 bits per heavy atom. The molecule has 0 spiro atoms. The van der Waals surface area contributed by atoms with Crippen LogP contribution in [0.2, 0.25) is 0 Å². The van der Waals surface area contributed by atoms with E-state index in [1.165, 1.54) is 36.1 Å². The Morgan fingerprint density at radius 2 is 1.87 bits per heavy atom. The molecular weight excluding hydrogens is 448 g/mol. The SMILES string of the molecule is CC1CCC2C(C1)N(Cc1cn(Cc3ccccc3)nn1)c1ccc(Br)cc1C2(C)C. The summed E-state index contributed by atoms with van der Waals surface area (Å²) in [5.41, 5.74) is 5.28. The van der Waals surface area contributed by atoms with Gasteiger partial charge in [-0.15, -0.1) is 5.10 Å². The maximum atomic E-state index is 4.55. The first-order valence-electron chi connectivity index (χ1n) is 11.4. The molecule has 4 nitrogen and oxygen atoms in total. The molecule has 0 amide bonds. The molecule has 31 heavy (non-hydrogen) atoms. The maximum absolute atomic E-state index is 4.55. The number of aromatic nitrogens is 3. The van der Waals surface area contributed by atoms with Crippen LogP contribution in [0.15, 0.2) is 59.2 Å². The molecule has 1 aromatic heterocycles. The fraction of sp³-hybridized carbons (Fsp3) is 0.462. The lowest BCUT2D eigenvalue weighted by molar-refractivity contribution is 0.151. The molecule has 2 aliphatic rings. The van der Waals surface area contributed by atoms with Gasteiger partial charge in [-0.1, -0.05) is 78.7 Å². The van der Waals surface area contributed by atoms with E-state index in [0.717, 1.165) is 29.2 Å². The Kier molecular flexibility index (Phi) is 5.41. The third-order valence-electron chi connectivity index (χ3n) is 7.47. The van der Waals surface area contributed by atoms with Gasteiger partial charge in [-0.05, 0) is 59.4 Å². The van der Waals surface area contributed by atoms with Crippen LogP contribution in [0.25, 0.3) is 0 Å². The largest absolute Gasteiger partial charge is 0.362 e. The van der Waals surface area contributed by atoms with E-state index < -0.39 is 0 Å². The molecule has 1 fully saturated rings. The van der Waals surface area contributed by atoms with Crippen molar-refractivity contribution in [2.45, 2.75) is 64.6 Å². The predicted octanol–water partition coefficient (Wildman–Crippen LogP) is 6.19. The summed E-state index contributed by atoms with van der Waals surface area (Å²) in [6, 6.07) is 17.8. The van der Waals surface area contributed by atoms with Gasteiger partial charge in [0.05, 0.1) is 19.3 Å². The average Bonchev–Trinajstić information content (AvgIpc) is 3.19. The second-order valence-electron chi connectivity index (χ2n) is 10.00. The molecule has 2 heterocycles. The first-order chi connectivity index (χ1) is 14.9. The highest BCUT2D eigenvalue weighted by Gasteiger charge is 2.47. The maximum Gasteiger partial charge on any atom is 0.102 e. The van der Waals surface area contributed by atoms with E-state index in [4.69, 9.17) is 0 Å². The molecular formula is C26H31BrN4. The first-order valence-corrected chi connectivity index (χ1v) is 12.2. The minimum atomic E-state index is 0.172. The zero-order valence-corrected chi connectivity index (χ0v) is 20.2. The van der Waals surface area contributed by atoms with Crippen LogP contribution in [0.3, 0.4) is 0 Å². The van der Waals surface area contributed by atoms with Gasteiger partial charge in [0, 0.05) is 16.2 Å². The van der Waals surface area contributed by atoms with Crippen LogP contribution in [0.1, 0.15) is 56.9 Å². The van der Waals surface area contributed by atoms with Gasteiger partial charge in [-0.2, -0.15) is 0 Å². The molecule has 0 radical (unpaired) electrons. The van der Waals surface area contributed by atoms with Crippen molar-refractivity contribution in [1.82, 2.24) is 15.0 Å². The zero-order chi connectivity index (χ0) is 21.6. The molecule has 162 valence electrons. The Labute approximate surface area is 193 Å². The number of nitrogens with zero attached hydrogens (tertiary/aromatic N) is 4. The fourth-order valence-corrected chi connectivity index (χ4v) is 6.19. The quantitative estimate of drug-likeness (QED) is 0.448. The molecule has 2 aromatic carbocycles. The van der Waals surface area contributed by atoms with E-state index in [9.17, 15) is 0 Å². The number of rotatable bonds is 4. The topological polar surface area (TPSA) is 34.0 Å². The van der Waals surface area contributed by atoms with E-state index in [2.05, 4.69) is 101 Å². The molecule has 1 aliphatic heterocycles. The van der Waals surface area contributed by atoms with Crippen LogP contribution >= 0.6 is 15.9 Å². The Hall–Kier alpha value is -2.14. The van der Waals surface area contributed by atoms with E-state index in [0.29, 0.717) is 12.0 Å². The summed E-state index contributed by atoms with van der Waals surface area (Å²) in [6.07, 6.45) is 5.99. The molecule has 0 N–H and O–H groups in total. The van der Waals surface area contributed by atoms with Gasteiger partial charge < -0.3 is 4.90 Å². The Balaban J connectivity index is 1.47. The summed E-state index contributed by atoms with van der Waals surface area (Å²) in [5, 5.41) is 8.98. The van der Waals surface area contributed by atoms with Gasteiger partial charge in [0.1, 0.15) is 5.69 Å². The monoisotopic (exact) mass is 478 g/mol. The lowest BCUT2D eigenvalue weighted by atomic mass is 9.60.